The first-order valence-electron chi connectivity index (χ1n) is 9.21. The maximum atomic E-state index is 13.0. The Hall–Kier alpha value is -2.81. The van der Waals surface area contributed by atoms with Gasteiger partial charge in [0.05, 0.1) is 6.20 Å². The van der Waals surface area contributed by atoms with Crippen LogP contribution in [0.1, 0.15) is 24.2 Å². The topological polar surface area (TPSA) is 86.7 Å². The second kappa shape index (κ2) is 5.85. The molecule has 5 heterocycles. The van der Waals surface area contributed by atoms with Gasteiger partial charge in [0.25, 0.3) is 5.56 Å². The SMILES string of the molecule is Cn1cc(CN2CC[C@@]3(CCn4c3nnc(-c3nccn3C)c4=O)C2)cn1. The predicted molar refractivity (Wildman–Crippen MR) is 97.9 cm³/mol. The number of hydrogen-bond donors (Lipinski definition) is 0. The first-order chi connectivity index (χ1) is 13.1. The maximum Gasteiger partial charge on any atom is 0.283 e. The molecule has 2 aliphatic rings. The fourth-order valence-electron chi connectivity index (χ4n) is 4.48. The normalized spacial score (nSPS) is 22.0. The van der Waals surface area contributed by atoms with Gasteiger partial charge in [-0.05, 0) is 19.4 Å². The fraction of sp³-hybridized carbons (Fsp3) is 0.500. The molecule has 5 rings (SSSR count). The Labute approximate surface area is 156 Å². The van der Waals surface area contributed by atoms with Crippen LogP contribution in [0.5, 0.6) is 0 Å². The molecule has 0 saturated carbocycles. The van der Waals surface area contributed by atoms with Gasteiger partial charge in [-0.1, -0.05) is 0 Å². The van der Waals surface area contributed by atoms with E-state index in [0.717, 1.165) is 38.3 Å². The van der Waals surface area contributed by atoms with Crippen LogP contribution in [0.2, 0.25) is 0 Å². The van der Waals surface area contributed by atoms with E-state index in [1.54, 1.807) is 10.8 Å². The number of likely N-dealkylation sites (tertiary alicyclic amines) is 1. The van der Waals surface area contributed by atoms with Crippen molar-refractivity contribution in [1.29, 1.82) is 0 Å². The van der Waals surface area contributed by atoms with Crippen molar-refractivity contribution in [1.82, 2.24) is 39.0 Å². The van der Waals surface area contributed by atoms with Gasteiger partial charge in [-0.2, -0.15) is 5.10 Å². The fourth-order valence-corrected chi connectivity index (χ4v) is 4.48. The van der Waals surface area contributed by atoms with Crippen molar-refractivity contribution in [2.45, 2.75) is 31.3 Å². The Morgan fingerprint density at radius 1 is 1.19 bits per heavy atom. The van der Waals surface area contributed by atoms with E-state index in [1.807, 2.05) is 35.7 Å². The Morgan fingerprint density at radius 3 is 2.78 bits per heavy atom. The summed E-state index contributed by atoms with van der Waals surface area (Å²) in [6.07, 6.45) is 9.38. The van der Waals surface area contributed by atoms with Crippen molar-refractivity contribution >= 4 is 0 Å². The van der Waals surface area contributed by atoms with Crippen LogP contribution in [0.15, 0.2) is 29.6 Å². The van der Waals surface area contributed by atoms with Gasteiger partial charge in [-0.25, -0.2) is 4.98 Å². The van der Waals surface area contributed by atoms with Crippen LogP contribution >= 0.6 is 0 Å². The predicted octanol–water partition coefficient (Wildman–Crippen LogP) is 0.320. The quantitative estimate of drug-likeness (QED) is 0.664. The van der Waals surface area contributed by atoms with Gasteiger partial charge in [-0.3, -0.25) is 18.9 Å². The van der Waals surface area contributed by atoms with E-state index >= 15 is 0 Å². The van der Waals surface area contributed by atoms with E-state index in [0.29, 0.717) is 18.1 Å². The van der Waals surface area contributed by atoms with E-state index in [2.05, 4.69) is 31.4 Å². The molecule has 2 aliphatic heterocycles. The Kier molecular flexibility index (Phi) is 3.55. The molecule has 1 fully saturated rings. The van der Waals surface area contributed by atoms with Gasteiger partial charge < -0.3 is 4.57 Å². The van der Waals surface area contributed by atoms with Crippen molar-refractivity contribution in [3.05, 3.63) is 46.5 Å². The lowest BCUT2D eigenvalue weighted by atomic mass is 9.85. The maximum absolute atomic E-state index is 13.0. The van der Waals surface area contributed by atoms with E-state index in [4.69, 9.17) is 0 Å². The molecule has 9 heteroatoms. The zero-order valence-electron chi connectivity index (χ0n) is 15.5. The van der Waals surface area contributed by atoms with Gasteiger partial charge in [0.1, 0.15) is 5.82 Å². The molecule has 0 aromatic carbocycles. The standard InChI is InChI=1S/C18H22N8O/c1-23-8-5-19-15(23)14-16(27)26-7-4-18(17(26)22-21-14)3-6-25(12-18)11-13-9-20-24(2)10-13/h5,8-10H,3-4,6-7,11-12H2,1-2H3/t18-/m1/s1. The van der Waals surface area contributed by atoms with E-state index < -0.39 is 0 Å². The summed E-state index contributed by atoms with van der Waals surface area (Å²) in [4.78, 5) is 19.7. The molecule has 27 heavy (non-hydrogen) atoms. The van der Waals surface area contributed by atoms with Gasteiger partial charge in [0.15, 0.2) is 11.5 Å². The van der Waals surface area contributed by atoms with Crippen LogP contribution in [-0.4, -0.2) is 52.1 Å². The highest BCUT2D eigenvalue weighted by Crippen LogP contribution is 2.41. The molecule has 3 aromatic heterocycles. The molecule has 1 atom stereocenters. The van der Waals surface area contributed by atoms with Gasteiger partial charge in [0.2, 0.25) is 0 Å². The van der Waals surface area contributed by atoms with Crippen molar-refractivity contribution < 1.29 is 0 Å². The third kappa shape index (κ3) is 2.53. The smallest absolute Gasteiger partial charge is 0.283 e. The zero-order chi connectivity index (χ0) is 18.6. The third-order valence-electron chi connectivity index (χ3n) is 5.87. The van der Waals surface area contributed by atoms with Crippen LogP contribution in [0.4, 0.5) is 0 Å². The molecule has 0 amide bonds. The van der Waals surface area contributed by atoms with Crippen LogP contribution in [-0.2, 0) is 32.6 Å². The first-order valence-corrected chi connectivity index (χ1v) is 9.21. The average molecular weight is 366 g/mol. The van der Waals surface area contributed by atoms with E-state index in [-0.39, 0.29) is 11.0 Å². The second-order valence-corrected chi connectivity index (χ2v) is 7.70. The third-order valence-corrected chi connectivity index (χ3v) is 5.87. The average Bonchev–Trinajstić information content (AvgIpc) is 3.41. The lowest BCUT2D eigenvalue weighted by Crippen LogP contribution is -2.33. The molecular formula is C18H22N8O. The number of fused-ring (bicyclic) bond motifs is 2. The molecule has 0 radical (unpaired) electrons. The summed E-state index contributed by atoms with van der Waals surface area (Å²) in [5.74, 6) is 1.40. The first kappa shape index (κ1) is 16.4. The second-order valence-electron chi connectivity index (χ2n) is 7.70. The summed E-state index contributed by atoms with van der Waals surface area (Å²) in [6.45, 7) is 3.46. The molecule has 1 saturated heterocycles. The molecule has 0 unspecified atom stereocenters. The Bertz CT molecular complexity index is 1060. The molecular weight excluding hydrogens is 344 g/mol. The zero-order valence-corrected chi connectivity index (χ0v) is 15.5. The summed E-state index contributed by atoms with van der Waals surface area (Å²) in [7, 11) is 3.79. The highest BCUT2D eigenvalue weighted by Gasteiger charge is 2.47. The molecule has 0 bridgehead atoms. The Balaban J connectivity index is 1.44. The number of aromatic nitrogens is 7. The molecule has 3 aromatic rings. The van der Waals surface area contributed by atoms with E-state index in [1.165, 1.54) is 5.56 Å². The van der Waals surface area contributed by atoms with Crippen molar-refractivity contribution in [2.24, 2.45) is 14.1 Å². The lowest BCUT2D eigenvalue weighted by Gasteiger charge is -2.22. The number of hydrogen-bond acceptors (Lipinski definition) is 6. The lowest BCUT2D eigenvalue weighted by molar-refractivity contribution is 0.299. The Morgan fingerprint density at radius 2 is 2.04 bits per heavy atom. The minimum atomic E-state index is -0.0862. The number of nitrogens with zero attached hydrogens (tertiary/aromatic N) is 8. The summed E-state index contributed by atoms with van der Waals surface area (Å²) in [5.41, 5.74) is 1.38. The molecule has 1 spiro atoms. The van der Waals surface area contributed by atoms with Gasteiger partial charge >= 0.3 is 0 Å². The highest BCUT2D eigenvalue weighted by atomic mass is 16.1. The van der Waals surface area contributed by atoms with Crippen molar-refractivity contribution in [3.8, 4) is 11.5 Å². The molecule has 140 valence electrons. The van der Waals surface area contributed by atoms with Crippen molar-refractivity contribution in [3.63, 3.8) is 0 Å². The molecule has 0 N–H and O–H groups in total. The number of rotatable bonds is 3. The summed E-state index contributed by atoms with van der Waals surface area (Å²) in [5, 5.41) is 13.1. The monoisotopic (exact) mass is 366 g/mol. The van der Waals surface area contributed by atoms with Crippen LogP contribution in [0, 0.1) is 0 Å². The van der Waals surface area contributed by atoms with Crippen LogP contribution in [0.25, 0.3) is 11.5 Å². The number of imidazole rings is 1. The van der Waals surface area contributed by atoms with E-state index in [9.17, 15) is 4.79 Å². The molecule has 0 aliphatic carbocycles. The van der Waals surface area contributed by atoms with Gasteiger partial charge in [-0.15, -0.1) is 10.2 Å². The molecule has 9 nitrogen and oxygen atoms in total. The van der Waals surface area contributed by atoms with Gasteiger partial charge in [0, 0.05) is 63.3 Å². The van der Waals surface area contributed by atoms with Crippen LogP contribution < -0.4 is 5.56 Å². The number of aryl methyl sites for hydroxylation is 2. The highest BCUT2D eigenvalue weighted by molar-refractivity contribution is 5.47. The van der Waals surface area contributed by atoms with Crippen molar-refractivity contribution in [2.75, 3.05) is 13.1 Å². The summed E-state index contributed by atoms with van der Waals surface area (Å²) >= 11 is 0. The largest absolute Gasteiger partial charge is 0.333 e. The minimum Gasteiger partial charge on any atom is -0.333 e. The summed E-state index contributed by atoms with van der Waals surface area (Å²) in [6, 6.07) is 0. The minimum absolute atomic E-state index is 0.0749. The van der Waals surface area contributed by atoms with Crippen LogP contribution in [0.3, 0.4) is 0 Å². The summed E-state index contributed by atoms with van der Waals surface area (Å²) < 4.78 is 5.44.